The van der Waals surface area contributed by atoms with Crippen molar-refractivity contribution < 1.29 is 4.74 Å². The van der Waals surface area contributed by atoms with Crippen LogP contribution in [0.1, 0.15) is 65.6 Å². The molecule has 20 heavy (non-hydrogen) atoms. The van der Waals surface area contributed by atoms with Crippen LogP contribution < -0.4 is 10.1 Å². The third-order valence-corrected chi connectivity index (χ3v) is 3.29. The average molecular weight is 281 g/mol. The Labute approximate surface area is 123 Å². The van der Waals surface area contributed by atoms with Gasteiger partial charge in [-0.3, -0.25) is 4.68 Å². The van der Waals surface area contributed by atoms with E-state index in [1.54, 1.807) is 7.11 Å². The van der Waals surface area contributed by atoms with Gasteiger partial charge in [0, 0.05) is 6.54 Å². The highest BCUT2D eigenvalue weighted by Crippen LogP contribution is 2.34. The van der Waals surface area contributed by atoms with E-state index < -0.39 is 0 Å². The SMILES string of the molecule is CCCNC(CC(C)(C)C)c1c(OC)cnn1CCC. The Hall–Kier alpha value is -1.03. The van der Waals surface area contributed by atoms with E-state index in [4.69, 9.17) is 4.74 Å². The quantitative estimate of drug-likeness (QED) is 0.788. The summed E-state index contributed by atoms with van der Waals surface area (Å²) in [5.41, 5.74) is 1.45. The van der Waals surface area contributed by atoms with Crippen LogP contribution in [0.2, 0.25) is 0 Å². The van der Waals surface area contributed by atoms with Crippen molar-refractivity contribution in [2.75, 3.05) is 13.7 Å². The molecule has 1 rings (SSSR count). The van der Waals surface area contributed by atoms with Crippen molar-refractivity contribution in [3.8, 4) is 5.75 Å². The number of ether oxygens (including phenoxy) is 1. The smallest absolute Gasteiger partial charge is 0.161 e. The highest BCUT2D eigenvalue weighted by molar-refractivity contribution is 5.28. The van der Waals surface area contributed by atoms with Gasteiger partial charge in [0.2, 0.25) is 0 Å². The summed E-state index contributed by atoms with van der Waals surface area (Å²) >= 11 is 0. The van der Waals surface area contributed by atoms with E-state index in [9.17, 15) is 0 Å². The zero-order valence-corrected chi connectivity index (χ0v) is 14.0. The third-order valence-electron chi connectivity index (χ3n) is 3.29. The largest absolute Gasteiger partial charge is 0.493 e. The van der Waals surface area contributed by atoms with E-state index in [0.717, 1.165) is 38.1 Å². The van der Waals surface area contributed by atoms with E-state index in [0.29, 0.717) is 6.04 Å². The lowest BCUT2D eigenvalue weighted by molar-refractivity contribution is 0.293. The van der Waals surface area contributed by atoms with Crippen LogP contribution >= 0.6 is 0 Å². The first kappa shape index (κ1) is 17.0. The number of nitrogens with zero attached hydrogens (tertiary/aromatic N) is 2. The predicted octanol–water partition coefficient (Wildman–Crippen LogP) is 3.78. The Morgan fingerprint density at radius 2 is 2.00 bits per heavy atom. The van der Waals surface area contributed by atoms with E-state index in [1.807, 2.05) is 6.20 Å². The molecule has 1 unspecified atom stereocenters. The fourth-order valence-electron chi connectivity index (χ4n) is 2.47. The maximum Gasteiger partial charge on any atom is 0.161 e. The van der Waals surface area contributed by atoms with Crippen LogP contribution in [0.15, 0.2) is 6.20 Å². The lowest BCUT2D eigenvalue weighted by Crippen LogP contribution is -2.29. The molecule has 1 N–H and O–H groups in total. The van der Waals surface area contributed by atoms with Gasteiger partial charge in [0.15, 0.2) is 5.75 Å². The first-order chi connectivity index (χ1) is 9.42. The van der Waals surface area contributed by atoms with Gasteiger partial charge in [0.1, 0.15) is 0 Å². The van der Waals surface area contributed by atoms with Crippen LogP contribution in [-0.2, 0) is 6.54 Å². The second-order valence-electron chi connectivity index (χ2n) is 6.59. The summed E-state index contributed by atoms with van der Waals surface area (Å²) in [4.78, 5) is 0. The van der Waals surface area contributed by atoms with Crippen LogP contribution in [0.3, 0.4) is 0 Å². The van der Waals surface area contributed by atoms with Gasteiger partial charge in [-0.25, -0.2) is 0 Å². The van der Waals surface area contributed by atoms with Crippen molar-refractivity contribution in [2.45, 2.75) is 66.5 Å². The molecular formula is C16H31N3O. The number of methoxy groups -OCH3 is 1. The van der Waals surface area contributed by atoms with Crippen molar-refractivity contribution >= 4 is 0 Å². The highest BCUT2D eigenvalue weighted by Gasteiger charge is 2.26. The molecule has 0 aromatic carbocycles. The third kappa shape index (κ3) is 4.82. The van der Waals surface area contributed by atoms with E-state index in [-0.39, 0.29) is 5.41 Å². The minimum absolute atomic E-state index is 0.262. The molecule has 0 saturated heterocycles. The van der Waals surface area contributed by atoms with Crippen LogP contribution in [0, 0.1) is 5.41 Å². The monoisotopic (exact) mass is 281 g/mol. The topological polar surface area (TPSA) is 39.1 Å². The van der Waals surface area contributed by atoms with E-state index in [1.165, 1.54) is 5.69 Å². The Morgan fingerprint density at radius 1 is 1.30 bits per heavy atom. The van der Waals surface area contributed by atoms with Crippen LogP contribution in [-0.4, -0.2) is 23.4 Å². The summed E-state index contributed by atoms with van der Waals surface area (Å²) in [6.07, 6.45) is 5.12. The van der Waals surface area contributed by atoms with Crippen molar-refractivity contribution in [1.29, 1.82) is 0 Å². The van der Waals surface area contributed by atoms with Crippen molar-refractivity contribution in [3.63, 3.8) is 0 Å². The van der Waals surface area contributed by atoms with Gasteiger partial charge in [-0.15, -0.1) is 0 Å². The molecule has 0 aliphatic heterocycles. The van der Waals surface area contributed by atoms with Crippen molar-refractivity contribution in [3.05, 3.63) is 11.9 Å². The highest BCUT2D eigenvalue weighted by atomic mass is 16.5. The fourth-order valence-corrected chi connectivity index (χ4v) is 2.47. The second-order valence-corrected chi connectivity index (χ2v) is 6.59. The number of hydrogen-bond donors (Lipinski definition) is 1. The first-order valence-electron chi connectivity index (χ1n) is 7.76. The van der Waals surface area contributed by atoms with Crippen molar-refractivity contribution in [1.82, 2.24) is 15.1 Å². The molecule has 1 aromatic rings. The lowest BCUT2D eigenvalue weighted by Gasteiger charge is -2.28. The second kappa shape index (κ2) is 7.67. The standard InChI is InChI=1S/C16H31N3O/c1-7-9-17-13(11-16(3,4)5)15-14(20-6)12-18-19(15)10-8-2/h12-13,17H,7-11H2,1-6H3. The molecule has 1 aromatic heterocycles. The summed E-state index contributed by atoms with van der Waals surface area (Å²) in [7, 11) is 1.73. The van der Waals surface area contributed by atoms with Gasteiger partial charge in [-0.1, -0.05) is 34.6 Å². The molecule has 1 heterocycles. The number of rotatable bonds is 8. The molecule has 0 aliphatic carbocycles. The molecule has 4 heteroatoms. The van der Waals surface area contributed by atoms with Crippen LogP contribution in [0.5, 0.6) is 5.75 Å². The Bertz CT molecular complexity index is 393. The predicted molar refractivity (Wildman–Crippen MR) is 84.2 cm³/mol. The number of hydrogen-bond acceptors (Lipinski definition) is 3. The molecule has 0 saturated carbocycles. The van der Waals surface area contributed by atoms with Gasteiger partial charge in [0.05, 0.1) is 25.0 Å². The van der Waals surface area contributed by atoms with Gasteiger partial charge in [-0.05, 0) is 31.2 Å². The summed E-state index contributed by atoms with van der Waals surface area (Å²) < 4.78 is 7.62. The molecule has 1 atom stereocenters. The molecule has 4 nitrogen and oxygen atoms in total. The number of aromatic nitrogens is 2. The maximum absolute atomic E-state index is 5.52. The number of nitrogens with one attached hydrogen (secondary N) is 1. The minimum atomic E-state index is 0.262. The van der Waals surface area contributed by atoms with Gasteiger partial charge in [-0.2, -0.15) is 5.10 Å². The van der Waals surface area contributed by atoms with E-state index in [2.05, 4.69) is 49.7 Å². The molecule has 0 spiro atoms. The average Bonchev–Trinajstić information content (AvgIpc) is 2.76. The normalized spacial score (nSPS) is 13.5. The summed E-state index contributed by atoms with van der Waals surface area (Å²) in [5.74, 6) is 0.899. The fraction of sp³-hybridized carbons (Fsp3) is 0.812. The Kier molecular flexibility index (Phi) is 6.53. The van der Waals surface area contributed by atoms with E-state index >= 15 is 0 Å². The molecule has 0 bridgehead atoms. The first-order valence-corrected chi connectivity index (χ1v) is 7.76. The molecule has 0 aliphatic rings. The maximum atomic E-state index is 5.52. The number of aryl methyl sites for hydroxylation is 1. The van der Waals surface area contributed by atoms with Crippen LogP contribution in [0.25, 0.3) is 0 Å². The van der Waals surface area contributed by atoms with Crippen molar-refractivity contribution in [2.24, 2.45) is 5.41 Å². The zero-order chi connectivity index (χ0) is 15.2. The molecule has 116 valence electrons. The molecule has 0 radical (unpaired) electrons. The summed E-state index contributed by atoms with van der Waals surface area (Å²) in [6, 6.07) is 0.291. The molecule has 0 fully saturated rings. The Balaban J connectivity index is 3.06. The van der Waals surface area contributed by atoms with Gasteiger partial charge >= 0.3 is 0 Å². The lowest BCUT2D eigenvalue weighted by atomic mass is 9.86. The molecular weight excluding hydrogens is 250 g/mol. The Morgan fingerprint density at radius 3 is 2.50 bits per heavy atom. The minimum Gasteiger partial charge on any atom is -0.493 e. The van der Waals surface area contributed by atoms with Gasteiger partial charge < -0.3 is 10.1 Å². The zero-order valence-electron chi connectivity index (χ0n) is 14.0. The summed E-state index contributed by atoms with van der Waals surface area (Å²) in [5, 5.41) is 8.15. The van der Waals surface area contributed by atoms with Gasteiger partial charge in [0.25, 0.3) is 0 Å². The summed E-state index contributed by atoms with van der Waals surface area (Å²) in [6.45, 7) is 13.2. The molecule has 0 amide bonds. The van der Waals surface area contributed by atoms with Crippen LogP contribution in [0.4, 0.5) is 0 Å².